The minimum absolute atomic E-state index is 0.406. The van der Waals surface area contributed by atoms with Crippen LogP contribution in [0, 0.1) is 0 Å². The SMILES string of the molecule is CCNC(Cc1ccc(Br)cc1)Cc1ccnc(N)c1. The number of anilines is 1. The number of hydrogen-bond acceptors (Lipinski definition) is 3. The van der Waals surface area contributed by atoms with E-state index in [0.29, 0.717) is 11.9 Å². The second-order valence-electron chi connectivity index (χ2n) is 4.88. The molecule has 2 aromatic rings. The van der Waals surface area contributed by atoms with Crippen LogP contribution in [0.15, 0.2) is 47.1 Å². The lowest BCUT2D eigenvalue weighted by atomic mass is 9.99. The van der Waals surface area contributed by atoms with Crippen molar-refractivity contribution in [2.45, 2.75) is 25.8 Å². The number of pyridine rings is 1. The lowest BCUT2D eigenvalue weighted by Crippen LogP contribution is -2.33. The van der Waals surface area contributed by atoms with Crippen LogP contribution in [0.1, 0.15) is 18.1 Å². The summed E-state index contributed by atoms with van der Waals surface area (Å²) in [6, 6.07) is 12.9. The van der Waals surface area contributed by atoms with Gasteiger partial charge < -0.3 is 11.1 Å². The molecule has 0 amide bonds. The Hall–Kier alpha value is -1.39. The molecule has 1 heterocycles. The Labute approximate surface area is 128 Å². The third kappa shape index (κ3) is 4.62. The van der Waals surface area contributed by atoms with Crippen molar-refractivity contribution in [2.24, 2.45) is 0 Å². The lowest BCUT2D eigenvalue weighted by Gasteiger charge is -2.18. The molecule has 0 radical (unpaired) electrons. The van der Waals surface area contributed by atoms with E-state index in [1.54, 1.807) is 6.20 Å². The average Bonchev–Trinajstić information content (AvgIpc) is 2.42. The van der Waals surface area contributed by atoms with Gasteiger partial charge in [-0.15, -0.1) is 0 Å². The number of likely N-dealkylation sites (N-methyl/N-ethyl adjacent to an activating group) is 1. The highest BCUT2D eigenvalue weighted by molar-refractivity contribution is 9.10. The van der Waals surface area contributed by atoms with Gasteiger partial charge in [-0.1, -0.05) is 35.0 Å². The summed E-state index contributed by atoms with van der Waals surface area (Å²) in [6.45, 7) is 3.09. The van der Waals surface area contributed by atoms with Gasteiger partial charge in [0.15, 0.2) is 0 Å². The van der Waals surface area contributed by atoms with Crippen molar-refractivity contribution in [3.05, 3.63) is 58.2 Å². The first-order valence-corrected chi connectivity index (χ1v) is 7.65. The Morgan fingerprint density at radius 2 is 1.85 bits per heavy atom. The van der Waals surface area contributed by atoms with E-state index in [-0.39, 0.29) is 0 Å². The van der Waals surface area contributed by atoms with E-state index in [9.17, 15) is 0 Å². The smallest absolute Gasteiger partial charge is 0.123 e. The van der Waals surface area contributed by atoms with Crippen LogP contribution in [-0.4, -0.2) is 17.6 Å². The van der Waals surface area contributed by atoms with Gasteiger partial charge in [-0.3, -0.25) is 0 Å². The summed E-state index contributed by atoms with van der Waals surface area (Å²) >= 11 is 3.47. The van der Waals surface area contributed by atoms with E-state index in [0.717, 1.165) is 23.9 Å². The Bertz CT molecular complexity index is 540. The zero-order valence-electron chi connectivity index (χ0n) is 11.6. The van der Waals surface area contributed by atoms with Crippen molar-refractivity contribution in [1.82, 2.24) is 10.3 Å². The van der Waals surface area contributed by atoms with Gasteiger partial charge in [0.1, 0.15) is 5.82 Å². The van der Waals surface area contributed by atoms with Crippen LogP contribution < -0.4 is 11.1 Å². The van der Waals surface area contributed by atoms with Gasteiger partial charge in [0.2, 0.25) is 0 Å². The topological polar surface area (TPSA) is 50.9 Å². The monoisotopic (exact) mass is 333 g/mol. The van der Waals surface area contributed by atoms with Crippen molar-refractivity contribution in [1.29, 1.82) is 0 Å². The summed E-state index contributed by atoms with van der Waals surface area (Å²) in [5, 5.41) is 3.54. The van der Waals surface area contributed by atoms with Gasteiger partial charge in [-0.25, -0.2) is 4.98 Å². The van der Waals surface area contributed by atoms with Crippen molar-refractivity contribution in [2.75, 3.05) is 12.3 Å². The van der Waals surface area contributed by atoms with Gasteiger partial charge >= 0.3 is 0 Å². The summed E-state index contributed by atoms with van der Waals surface area (Å²) in [4.78, 5) is 4.04. The molecular weight excluding hydrogens is 314 g/mol. The standard InChI is InChI=1S/C16H20BrN3/c1-2-19-15(9-12-3-5-14(17)6-4-12)10-13-7-8-20-16(18)11-13/h3-8,11,15,19H,2,9-10H2,1H3,(H2,18,20). The van der Waals surface area contributed by atoms with E-state index < -0.39 is 0 Å². The summed E-state index contributed by atoms with van der Waals surface area (Å²) in [5.41, 5.74) is 8.30. The first-order chi connectivity index (χ1) is 9.67. The molecule has 3 N–H and O–H groups in total. The van der Waals surface area contributed by atoms with Crippen molar-refractivity contribution in [3.63, 3.8) is 0 Å². The van der Waals surface area contributed by atoms with Crippen LogP contribution in [0.5, 0.6) is 0 Å². The molecule has 0 saturated carbocycles. The number of aromatic nitrogens is 1. The maximum absolute atomic E-state index is 5.74. The summed E-state index contributed by atoms with van der Waals surface area (Å²) in [6.07, 6.45) is 3.73. The molecular formula is C16H20BrN3. The molecule has 0 fully saturated rings. The fraction of sp³-hybridized carbons (Fsp3) is 0.312. The molecule has 0 spiro atoms. The predicted octanol–water partition coefficient (Wildman–Crippen LogP) is 3.19. The zero-order chi connectivity index (χ0) is 14.4. The number of rotatable bonds is 6. The van der Waals surface area contributed by atoms with Crippen LogP contribution >= 0.6 is 15.9 Å². The van der Waals surface area contributed by atoms with Gasteiger partial charge in [0, 0.05) is 16.7 Å². The van der Waals surface area contributed by atoms with Crippen LogP contribution in [0.25, 0.3) is 0 Å². The Kier molecular flexibility index (Phi) is 5.56. The molecule has 0 aliphatic rings. The summed E-state index contributed by atoms with van der Waals surface area (Å²) in [7, 11) is 0. The zero-order valence-corrected chi connectivity index (χ0v) is 13.2. The second-order valence-corrected chi connectivity index (χ2v) is 5.79. The molecule has 1 unspecified atom stereocenters. The number of nitrogens with two attached hydrogens (primary N) is 1. The molecule has 1 atom stereocenters. The van der Waals surface area contributed by atoms with Crippen LogP contribution in [0.2, 0.25) is 0 Å². The molecule has 20 heavy (non-hydrogen) atoms. The third-order valence-electron chi connectivity index (χ3n) is 3.22. The fourth-order valence-electron chi connectivity index (χ4n) is 2.32. The Balaban J connectivity index is 2.05. The number of benzene rings is 1. The molecule has 4 heteroatoms. The van der Waals surface area contributed by atoms with Gasteiger partial charge in [-0.2, -0.15) is 0 Å². The number of nitrogen functional groups attached to an aromatic ring is 1. The van der Waals surface area contributed by atoms with Crippen LogP contribution in [-0.2, 0) is 12.8 Å². The molecule has 0 aliphatic heterocycles. The Morgan fingerprint density at radius 3 is 2.50 bits per heavy atom. The molecule has 0 bridgehead atoms. The Morgan fingerprint density at radius 1 is 1.15 bits per heavy atom. The minimum atomic E-state index is 0.406. The molecule has 3 nitrogen and oxygen atoms in total. The first-order valence-electron chi connectivity index (χ1n) is 6.85. The number of halogens is 1. The first kappa shape index (κ1) is 15.0. The number of hydrogen-bond donors (Lipinski definition) is 2. The summed E-state index contributed by atoms with van der Waals surface area (Å²) < 4.78 is 1.11. The molecule has 0 aliphatic carbocycles. The van der Waals surface area contributed by atoms with Crippen molar-refractivity contribution >= 4 is 21.7 Å². The maximum atomic E-state index is 5.74. The van der Waals surface area contributed by atoms with E-state index in [1.165, 1.54) is 11.1 Å². The van der Waals surface area contributed by atoms with E-state index in [1.807, 2.05) is 12.1 Å². The predicted molar refractivity (Wildman–Crippen MR) is 87.7 cm³/mol. The maximum Gasteiger partial charge on any atom is 0.123 e. The van der Waals surface area contributed by atoms with E-state index in [2.05, 4.69) is 57.4 Å². The third-order valence-corrected chi connectivity index (χ3v) is 3.74. The molecule has 1 aromatic carbocycles. The van der Waals surface area contributed by atoms with Gasteiger partial charge in [-0.05, 0) is 54.8 Å². The highest BCUT2D eigenvalue weighted by Gasteiger charge is 2.10. The van der Waals surface area contributed by atoms with E-state index in [4.69, 9.17) is 5.73 Å². The molecule has 1 aromatic heterocycles. The minimum Gasteiger partial charge on any atom is -0.384 e. The fourth-order valence-corrected chi connectivity index (χ4v) is 2.58. The van der Waals surface area contributed by atoms with Crippen molar-refractivity contribution < 1.29 is 0 Å². The highest BCUT2D eigenvalue weighted by atomic mass is 79.9. The number of nitrogens with zero attached hydrogens (tertiary/aromatic N) is 1. The highest BCUT2D eigenvalue weighted by Crippen LogP contribution is 2.14. The largest absolute Gasteiger partial charge is 0.384 e. The van der Waals surface area contributed by atoms with Gasteiger partial charge in [0.25, 0.3) is 0 Å². The van der Waals surface area contributed by atoms with Crippen LogP contribution in [0.4, 0.5) is 5.82 Å². The van der Waals surface area contributed by atoms with Crippen LogP contribution in [0.3, 0.4) is 0 Å². The molecule has 0 saturated heterocycles. The quantitative estimate of drug-likeness (QED) is 0.853. The van der Waals surface area contributed by atoms with Gasteiger partial charge in [0.05, 0.1) is 0 Å². The molecule has 2 rings (SSSR count). The van der Waals surface area contributed by atoms with Crippen molar-refractivity contribution in [3.8, 4) is 0 Å². The van der Waals surface area contributed by atoms with E-state index >= 15 is 0 Å². The normalized spacial score (nSPS) is 12.3. The second kappa shape index (κ2) is 7.41. The number of nitrogens with one attached hydrogen (secondary N) is 1. The average molecular weight is 334 g/mol. The molecule has 106 valence electrons. The summed E-state index contributed by atoms with van der Waals surface area (Å²) in [5.74, 6) is 0.585. The lowest BCUT2D eigenvalue weighted by molar-refractivity contribution is 0.521.